The third kappa shape index (κ3) is 2.87. The molecule has 3 aromatic rings. The van der Waals surface area contributed by atoms with E-state index < -0.39 is 10.0 Å². The van der Waals surface area contributed by atoms with Crippen molar-refractivity contribution >= 4 is 48.3 Å². The number of nitrogens with zero attached hydrogens (tertiary/aromatic N) is 3. The molecule has 0 saturated heterocycles. The lowest BCUT2D eigenvalue weighted by Crippen LogP contribution is -2.12. The van der Waals surface area contributed by atoms with E-state index in [2.05, 4.69) is 14.8 Å². The van der Waals surface area contributed by atoms with Crippen LogP contribution in [0.5, 0.6) is 0 Å². The zero-order valence-corrected chi connectivity index (χ0v) is 13.3. The van der Waals surface area contributed by atoms with Gasteiger partial charge in [0.2, 0.25) is 0 Å². The minimum atomic E-state index is -3.68. The molecule has 0 bridgehead atoms. The number of aryl methyl sites for hydroxylation is 1. The fourth-order valence-electron chi connectivity index (χ4n) is 1.77. The molecule has 0 amide bonds. The summed E-state index contributed by atoms with van der Waals surface area (Å²) in [6.07, 6.45) is 2.79. The molecule has 6 nitrogen and oxygen atoms in total. The van der Waals surface area contributed by atoms with Crippen LogP contribution in [-0.2, 0) is 16.6 Å². The highest BCUT2D eigenvalue weighted by molar-refractivity contribution is 7.93. The van der Waals surface area contributed by atoms with E-state index >= 15 is 0 Å². The second-order valence-electron chi connectivity index (χ2n) is 4.27. The molecule has 0 fully saturated rings. The Morgan fingerprint density at radius 2 is 2.24 bits per heavy atom. The van der Waals surface area contributed by atoms with Crippen LogP contribution in [0, 0.1) is 0 Å². The molecular formula is C12H11ClN4O2S2. The summed E-state index contributed by atoms with van der Waals surface area (Å²) in [6.45, 7) is 2.49. The monoisotopic (exact) mass is 342 g/mol. The maximum absolute atomic E-state index is 12.3. The van der Waals surface area contributed by atoms with Gasteiger partial charge in [0.15, 0.2) is 5.13 Å². The van der Waals surface area contributed by atoms with Crippen LogP contribution in [0.15, 0.2) is 35.5 Å². The van der Waals surface area contributed by atoms with E-state index in [-0.39, 0.29) is 4.90 Å². The van der Waals surface area contributed by atoms with E-state index in [9.17, 15) is 8.42 Å². The minimum Gasteiger partial charge on any atom is -0.272 e. The fourth-order valence-corrected chi connectivity index (χ4v) is 4.10. The number of hydrogen-bond acceptors (Lipinski definition) is 5. The number of benzene rings is 1. The summed E-state index contributed by atoms with van der Waals surface area (Å²) in [5, 5.41) is 4.85. The highest BCUT2D eigenvalue weighted by Crippen LogP contribution is 2.29. The predicted octanol–water partition coefficient (Wildman–Crippen LogP) is 2.97. The normalized spacial score (nSPS) is 11.9. The third-order valence-electron chi connectivity index (χ3n) is 2.82. The van der Waals surface area contributed by atoms with E-state index in [1.165, 1.54) is 23.7 Å². The van der Waals surface area contributed by atoms with Gasteiger partial charge in [-0.25, -0.2) is 13.4 Å². The van der Waals surface area contributed by atoms with E-state index in [1.807, 2.05) is 6.92 Å². The topological polar surface area (TPSA) is 76.9 Å². The van der Waals surface area contributed by atoms with Crippen molar-refractivity contribution in [3.05, 3.63) is 35.6 Å². The molecule has 0 unspecified atom stereocenters. The second kappa shape index (κ2) is 5.28. The molecule has 0 spiro atoms. The highest BCUT2D eigenvalue weighted by Gasteiger charge is 2.18. The van der Waals surface area contributed by atoms with Crippen molar-refractivity contribution in [1.29, 1.82) is 0 Å². The van der Waals surface area contributed by atoms with E-state index in [0.29, 0.717) is 22.2 Å². The molecule has 21 heavy (non-hydrogen) atoms. The molecule has 0 atom stereocenters. The van der Waals surface area contributed by atoms with Gasteiger partial charge in [-0.2, -0.15) is 5.10 Å². The Kier molecular flexibility index (Phi) is 3.60. The van der Waals surface area contributed by atoms with Gasteiger partial charge in [-0.15, -0.1) is 0 Å². The zero-order valence-electron chi connectivity index (χ0n) is 10.9. The van der Waals surface area contributed by atoms with Crippen molar-refractivity contribution in [2.45, 2.75) is 18.4 Å². The summed E-state index contributed by atoms with van der Waals surface area (Å²) < 4.78 is 29.3. The van der Waals surface area contributed by atoms with Gasteiger partial charge in [0, 0.05) is 17.8 Å². The van der Waals surface area contributed by atoms with Crippen LogP contribution >= 0.6 is 22.9 Å². The van der Waals surface area contributed by atoms with Gasteiger partial charge in [0.1, 0.15) is 4.90 Å². The molecule has 0 saturated carbocycles. The smallest absolute Gasteiger partial charge is 0.266 e. The number of fused-ring (bicyclic) bond motifs is 1. The number of nitrogens with one attached hydrogen (secondary N) is 1. The maximum Gasteiger partial charge on any atom is 0.266 e. The molecule has 0 aliphatic rings. The number of rotatable bonds is 4. The molecule has 0 radical (unpaired) electrons. The van der Waals surface area contributed by atoms with E-state index in [0.717, 1.165) is 4.70 Å². The lowest BCUT2D eigenvalue weighted by atomic mass is 10.3. The summed E-state index contributed by atoms with van der Waals surface area (Å²) in [5.41, 5.74) is 0.700. The van der Waals surface area contributed by atoms with Crippen molar-refractivity contribution in [1.82, 2.24) is 14.8 Å². The summed E-state index contributed by atoms with van der Waals surface area (Å²) in [7, 11) is -3.68. The lowest BCUT2D eigenvalue weighted by Gasteiger charge is -2.01. The van der Waals surface area contributed by atoms with Gasteiger partial charge in [0.05, 0.1) is 16.4 Å². The van der Waals surface area contributed by atoms with Gasteiger partial charge < -0.3 is 0 Å². The first kappa shape index (κ1) is 14.3. The predicted molar refractivity (Wildman–Crippen MR) is 83.3 cm³/mol. The Labute approximate surface area is 130 Å². The molecule has 1 aromatic carbocycles. The Bertz CT molecular complexity index is 901. The first-order chi connectivity index (χ1) is 9.98. The van der Waals surface area contributed by atoms with Crippen LogP contribution in [0.3, 0.4) is 0 Å². The number of hydrogen-bond donors (Lipinski definition) is 1. The van der Waals surface area contributed by atoms with Crippen LogP contribution in [0.4, 0.5) is 5.13 Å². The molecule has 0 aliphatic carbocycles. The first-order valence-electron chi connectivity index (χ1n) is 6.09. The third-order valence-corrected chi connectivity index (χ3v) is 5.41. The molecule has 1 N–H and O–H groups in total. The highest BCUT2D eigenvalue weighted by atomic mass is 35.5. The average Bonchev–Trinajstić information content (AvgIpc) is 3.03. The standard InChI is InChI=1S/C12H11ClN4O2S2/c1-2-17-7-9(6-14-17)21(18,19)16-12-15-10-4-3-8(13)5-11(10)20-12/h3-7H,2H2,1H3,(H,15,16). The van der Waals surface area contributed by atoms with Crippen LogP contribution < -0.4 is 4.72 Å². The summed E-state index contributed by atoms with van der Waals surface area (Å²) in [4.78, 5) is 4.35. The molecule has 2 aromatic heterocycles. The zero-order chi connectivity index (χ0) is 15.0. The van der Waals surface area contributed by atoms with E-state index in [4.69, 9.17) is 11.6 Å². The second-order valence-corrected chi connectivity index (χ2v) is 7.42. The first-order valence-corrected chi connectivity index (χ1v) is 8.77. The number of aromatic nitrogens is 3. The van der Waals surface area contributed by atoms with Gasteiger partial charge in [-0.3, -0.25) is 9.40 Å². The molecule has 9 heteroatoms. The number of halogens is 1. The summed E-state index contributed by atoms with van der Waals surface area (Å²) in [5.74, 6) is 0. The molecular weight excluding hydrogens is 332 g/mol. The molecule has 0 aliphatic heterocycles. The summed E-state index contributed by atoms with van der Waals surface area (Å²) in [6, 6.07) is 5.22. The van der Waals surface area contributed by atoms with Crippen LogP contribution in [-0.4, -0.2) is 23.2 Å². The maximum atomic E-state index is 12.3. The van der Waals surface area contributed by atoms with Gasteiger partial charge >= 0.3 is 0 Å². The lowest BCUT2D eigenvalue weighted by molar-refractivity contribution is 0.600. The van der Waals surface area contributed by atoms with Crippen LogP contribution in [0.1, 0.15) is 6.92 Å². The van der Waals surface area contributed by atoms with Gasteiger partial charge in [-0.05, 0) is 25.1 Å². The van der Waals surface area contributed by atoms with E-state index in [1.54, 1.807) is 22.9 Å². The van der Waals surface area contributed by atoms with Gasteiger partial charge in [-0.1, -0.05) is 22.9 Å². The number of anilines is 1. The van der Waals surface area contributed by atoms with Crippen LogP contribution in [0.2, 0.25) is 5.02 Å². The molecule has 3 rings (SSSR count). The number of thiazole rings is 1. The minimum absolute atomic E-state index is 0.113. The average molecular weight is 343 g/mol. The van der Waals surface area contributed by atoms with Crippen molar-refractivity contribution in [3.8, 4) is 0 Å². The Morgan fingerprint density at radius 3 is 2.95 bits per heavy atom. The summed E-state index contributed by atoms with van der Waals surface area (Å²) >= 11 is 7.14. The Morgan fingerprint density at radius 1 is 1.43 bits per heavy atom. The molecule has 110 valence electrons. The van der Waals surface area contributed by atoms with Gasteiger partial charge in [0.25, 0.3) is 10.0 Å². The molecule has 2 heterocycles. The van der Waals surface area contributed by atoms with Crippen molar-refractivity contribution < 1.29 is 8.42 Å². The SMILES string of the molecule is CCn1cc(S(=O)(=O)Nc2nc3ccc(Cl)cc3s2)cn1. The van der Waals surface area contributed by atoms with Crippen molar-refractivity contribution in [2.24, 2.45) is 0 Å². The Balaban J connectivity index is 1.93. The Hall–Kier alpha value is -1.64. The number of sulfonamides is 1. The van der Waals surface area contributed by atoms with Crippen molar-refractivity contribution in [2.75, 3.05) is 4.72 Å². The quantitative estimate of drug-likeness (QED) is 0.790. The largest absolute Gasteiger partial charge is 0.272 e. The van der Waals surface area contributed by atoms with Crippen LogP contribution in [0.25, 0.3) is 10.2 Å². The van der Waals surface area contributed by atoms with Crippen molar-refractivity contribution in [3.63, 3.8) is 0 Å². The fraction of sp³-hybridized carbons (Fsp3) is 0.167.